The molecule has 128 valence electrons. The van der Waals surface area contributed by atoms with Gasteiger partial charge in [0.2, 0.25) is 5.91 Å². The van der Waals surface area contributed by atoms with E-state index in [4.69, 9.17) is 0 Å². The van der Waals surface area contributed by atoms with Crippen LogP contribution in [0.15, 0.2) is 47.9 Å². The van der Waals surface area contributed by atoms with Crippen LogP contribution < -0.4 is 0 Å². The van der Waals surface area contributed by atoms with Crippen LogP contribution in [0, 0.1) is 0 Å². The van der Waals surface area contributed by atoms with Crippen LogP contribution in [-0.4, -0.2) is 43.6 Å². The van der Waals surface area contributed by atoms with E-state index in [1.807, 2.05) is 42.3 Å². The molecule has 0 spiro atoms. The minimum atomic E-state index is -0.308. The van der Waals surface area contributed by atoms with Crippen molar-refractivity contribution in [2.75, 3.05) is 13.1 Å². The van der Waals surface area contributed by atoms with Crippen molar-refractivity contribution in [1.82, 2.24) is 24.6 Å². The third kappa shape index (κ3) is 3.11. The molecule has 1 aromatic carbocycles. The summed E-state index contributed by atoms with van der Waals surface area (Å²) in [5.41, 5.74) is 1.78. The number of benzene rings is 1. The van der Waals surface area contributed by atoms with E-state index in [2.05, 4.69) is 15.1 Å². The Kier molecular flexibility index (Phi) is 4.40. The molecule has 1 saturated heterocycles. The first-order chi connectivity index (χ1) is 12.2. The summed E-state index contributed by atoms with van der Waals surface area (Å²) in [5.74, 6) is 0.157. The molecule has 4 rings (SSSR count). The molecule has 1 unspecified atom stereocenters. The van der Waals surface area contributed by atoms with Crippen molar-refractivity contribution in [2.45, 2.75) is 23.1 Å². The maximum atomic E-state index is 13.1. The number of fused-ring (bicyclic) bond motifs is 1. The number of hydrogen-bond donors (Lipinski definition) is 0. The fourth-order valence-corrected chi connectivity index (χ4v) is 4.28. The lowest BCUT2D eigenvalue weighted by Crippen LogP contribution is -2.31. The van der Waals surface area contributed by atoms with E-state index >= 15 is 0 Å². The number of carbonyl (C=O) groups is 1. The van der Waals surface area contributed by atoms with Gasteiger partial charge < -0.3 is 4.90 Å². The predicted octanol–water partition coefficient (Wildman–Crippen LogP) is 2.82. The number of nitrogens with zero attached hydrogens (tertiary/aromatic N) is 5. The molecule has 0 N–H and O–H groups in total. The van der Waals surface area contributed by atoms with Crippen molar-refractivity contribution in [3.05, 3.63) is 48.4 Å². The monoisotopic (exact) mass is 353 g/mol. The van der Waals surface area contributed by atoms with Crippen LogP contribution >= 0.6 is 11.8 Å². The van der Waals surface area contributed by atoms with Crippen molar-refractivity contribution in [2.24, 2.45) is 7.05 Å². The summed E-state index contributed by atoms with van der Waals surface area (Å²) in [4.78, 5) is 23.8. The number of amides is 1. The predicted molar refractivity (Wildman–Crippen MR) is 97.2 cm³/mol. The van der Waals surface area contributed by atoms with Gasteiger partial charge in [0.25, 0.3) is 0 Å². The van der Waals surface area contributed by atoms with E-state index in [-0.39, 0.29) is 11.2 Å². The van der Waals surface area contributed by atoms with E-state index in [1.165, 1.54) is 18.1 Å². The quantitative estimate of drug-likeness (QED) is 0.533. The Morgan fingerprint density at radius 2 is 1.92 bits per heavy atom. The summed E-state index contributed by atoms with van der Waals surface area (Å²) in [5, 5.41) is 5.63. The van der Waals surface area contributed by atoms with Crippen LogP contribution in [-0.2, 0) is 11.8 Å². The molecule has 3 aromatic rings. The molecule has 1 atom stereocenters. The van der Waals surface area contributed by atoms with E-state index in [9.17, 15) is 4.79 Å². The lowest BCUT2D eigenvalue weighted by molar-refractivity contribution is -0.129. The highest BCUT2D eigenvalue weighted by Crippen LogP contribution is 2.38. The van der Waals surface area contributed by atoms with Gasteiger partial charge in [-0.15, -0.1) is 0 Å². The molecule has 3 heterocycles. The average molecular weight is 353 g/mol. The Balaban J connectivity index is 1.71. The van der Waals surface area contributed by atoms with Gasteiger partial charge in [0.15, 0.2) is 5.65 Å². The number of thioether (sulfide) groups is 1. The first-order valence-electron chi connectivity index (χ1n) is 8.37. The molecule has 1 amide bonds. The summed E-state index contributed by atoms with van der Waals surface area (Å²) in [7, 11) is 1.86. The van der Waals surface area contributed by atoms with Crippen molar-refractivity contribution in [3.8, 4) is 0 Å². The molecular weight excluding hydrogens is 334 g/mol. The highest BCUT2D eigenvalue weighted by atomic mass is 32.2. The number of aromatic nitrogens is 4. The molecule has 1 fully saturated rings. The lowest BCUT2D eigenvalue weighted by Gasteiger charge is -2.23. The molecule has 0 saturated carbocycles. The number of likely N-dealkylation sites (tertiary alicyclic amines) is 1. The standard InChI is InChI=1S/C18H19N5OS/c1-22-16-14(11-21-22)17(20-12-19-16)25-15(13-7-3-2-4-8-13)18(24)23-9-5-6-10-23/h2-4,7-8,11-12,15H,5-6,9-10H2,1H3. The Hall–Kier alpha value is -2.41. The first kappa shape index (κ1) is 16.1. The maximum absolute atomic E-state index is 13.1. The number of hydrogen-bond acceptors (Lipinski definition) is 5. The van der Waals surface area contributed by atoms with Gasteiger partial charge in [0.05, 0.1) is 11.6 Å². The molecule has 6 nitrogen and oxygen atoms in total. The Morgan fingerprint density at radius 3 is 2.68 bits per heavy atom. The average Bonchev–Trinajstić information content (AvgIpc) is 3.31. The van der Waals surface area contributed by atoms with Gasteiger partial charge in [-0.2, -0.15) is 5.10 Å². The van der Waals surface area contributed by atoms with Crippen molar-refractivity contribution >= 4 is 28.7 Å². The molecule has 25 heavy (non-hydrogen) atoms. The van der Waals surface area contributed by atoms with E-state index in [0.29, 0.717) is 0 Å². The van der Waals surface area contributed by atoms with Gasteiger partial charge in [-0.25, -0.2) is 9.97 Å². The second kappa shape index (κ2) is 6.84. The smallest absolute Gasteiger partial charge is 0.240 e. The molecule has 7 heteroatoms. The zero-order chi connectivity index (χ0) is 17.2. The Morgan fingerprint density at radius 1 is 1.16 bits per heavy atom. The zero-order valence-electron chi connectivity index (χ0n) is 14.0. The Bertz CT molecular complexity index is 889. The Labute approximate surface area is 150 Å². The van der Waals surface area contributed by atoms with Gasteiger partial charge in [-0.1, -0.05) is 42.1 Å². The molecule has 0 bridgehead atoms. The van der Waals surface area contributed by atoms with Gasteiger partial charge in [0, 0.05) is 20.1 Å². The number of carbonyl (C=O) groups excluding carboxylic acids is 1. The second-order valence-corrected chi connectivity index (χ2v) is 7.22. The highest BCUT2D eigenvalue weighted by Gasteiger charge is 2.29. The second-order valence-electron chi connectivity index (χ2n) is 6.13. The summed E-state index contributed by atoms with van der Waals surface area (Å²) in [6, 6.07) is 9.93. The molecular formula is C18H19N5OS. The minimum absolute atomic E-state index is 0.157. The fourth-order valence-electron chi connectivity index (χ4n) is 3.14. The highest BCUT2D eigenvalue weighted by molar-refractivity contribution is 8.00. The topological polar surface area (TPSA) is 63.9 Å². The maximum Gasteiger partial charge on any atom is 0.240 e. The summed E-state index contributed by atoms with van der Waals surface area (Å²) in [6.45, 7) is 1.68. The van der Waals surface area contributed by atoms with E-state index in [0.717, 1.165) is 47.6 Å². The van der Waals surface area contributed by atoms with Crippen molar-refractivity contribution in [3.63, 3.8) is 0 Å². The molecule has 1 aliphatic heterocycles. The summed E-state index contributed by atoms with van der Waals surface area (Å²) >= 11 is 1.48. The first-order valence-corrected chi connectivity index (χ1v) is 9.25. The fraction of sp³-hybridized carbons (Fsp3) is 0.333. The zero-order valence-corrected chi connectivity index (χ0v) is 14.8. The third-order valence-electron chi connectivity index (χ3n) is 4.47. The largest absolute Gasteiger partial charge is 0.341 e. The number of rotatable bonds is 4. The normalized spacial score (nSPS) is 15.6. The van der Waals surface area contributed by atoms with Crippen LogP contribution in [0.3, 0.4) is 0 Å². The van der Waals surface area contributed by atoms with E-state index in [1.54, 1.807) is 10.9 Å². The molecule has 1 aliphatic rings. The van der Waals surface area contributed by atoms with Gasteiger partial charge >= 0.3 is 0 Å². The van der Waals surface area contributed by atoms with E-state index < -0.39 is 0 Å². The summed E-state index contributed by atoms with van der Waals surface area (Å²) < 4.78 is 1.72. The van der Waals surface area contributed by atoms with Gasteiger partial charge in [-0.3, -0.25) is 9.48 Å². The van der Waals surface area contributed by atoms with Gasteiger partial charge in [0.1, 0.15) is 16.6 Å². The summed E-state index contributed by atoms with van der Waals surface area (Å²) in [6.07, 6.45) is 5.46. The number of aryl methyl sites for hydroxylation is 1. The molecule has 0 radical (unpaired) electrons. The van der Waals surface area contributed by atoms with Crippen LogP contribution in [0.4, 0.5) is 0 Å². The van der Waals surface area contributed by atoms with Crippen LogP contribution in [0.25, 0.3) is 11.0 Å². The molecule has 0 aliphatic carbocycles. The van der Waals surface area contributed by atoms with Crippen LogP contribution in [0.1, 0.15) is 23.7 Å². The SMILES string of the molecule is Cn1ncc2c(SC(C(=O)N3CCCC3)c3ccccc3)ncnc21. The minimum Gasteiger partial charge on any atom is -0.341 e. The molecule has 2 aromatic heterocycles. The third-order valence-corrected chi connectivity index (χ3v) is 5.72. The lowest BCUT2D eigenvalue weighted by atomic mass is 10.1. The van der Waals surface area contributed by atoms with Crippen LogP contribution in [0.2, 0.25) is 0 Å². The van der Waals surface area contributed by atoms with Crippen molar-refractivity contribution in [1.29, 1.82) is 0 Å². The van der Waals surface area contributed by atoms with Crippen LogP contribution in [0.5, 0.6) is 0 Å². The van der Waals surface area contributed by atoms with Crippen molar-refractivity contribution < 1.29 is 4.79 Å². The van der Waals surface area contributed by atoms with Gasteiger partial charge in [-0.05, 0) is 18.4 Å².